The summed E-state index contributed by atoms with van der Waals surface area (Å²) in [5.74, 6) is 0. The molecule has 3 nitrogen and oxygen atoms in total. The molecular weight excluding hydrogens is 322 g/mol. The number of hydrogen-bond donors (Lipinski definition) is 0. The van der Waals surface area contributed by atoms with Crippen molar-refractivity contribution in [1.82, 2.24) is 4.90 Å². The number of carbonyl (C=O) groups is 1. The summed E-state index contributed by atoms with van der Waals surface area (Å²) in [5.41, 5.74) is 4.72. The van der Waals surface area contributed by atoms with Crippen LogP contribution in [0, 0.1) is 0 Å². The smallest absolute Gasteiger partial charge is 0.410 e. The van der Waals surface area contributed by atoms with Crippen LogP contribution in [-0.4, -0.2) is 29.7 Å². The van der Waals surface area contributed by atoms with E-state index in [2.05, 4.69) is 48.5 Å². The maximum Gasteiger partial charge on any atom is 0.410 e. The molecule has 1 fully saturated rings. The second-order valence-electron chi connectivity index (χ2n) is 7.68. The van der Waals surface area contributed by atoms with Gasteiger partial charge in [0.25, 0.3) is 0 Å². The van der Waals surface area contributed by atoms with Gasteiger partial charge in [-0.3, -0.25) is 0 Å². The molecule has 0 spiro atoms. The molecule has 2 aromatic carbocycles. The fourth-order valence-electron chi connectivity index (χ4n) is 3.32. The summed E-state index contributed by atoms with van der Waals surface area (Å²) in [4.78, 5) is 14.1. The summed E-state index contributed by atoms with van der Waals surface area (Å²) in [7, 11) is 0. The lowest BCUT2D eigenvalue weighted by molar-refractivity contribution is 0.0236. The van der Waals surface area contributed by atoms with Gasteiger partial charge in [0, 0.05) is 13.1 Å². The Hall–Kier alpha value is -2.55. The molecule has 1 aliphatic heterocycles. The summed E-state index contributed by atoms with van der Waals surface area (Å²) in [5, 5.41) is 0. The molecule has 0 saturated carbocycles. The van der Waals surface area contributed by atoms with Crippen LogP contribution in [0.2, 0.25) is 0 Å². The fraction of sp³-hybridized carbons (Fsp3) is 0.348. The zero-order chi connectivity index (χ0) is 18.6. The third-order valence-electron chi connectivity index (χ3n) is 4.50. The minimum atomic E-state index is -0.452. The van der Waals surface area contributed by atoms with Gasteiger partial charge in [-0.25, -0.2) is 4.79 Å². The van der Waals surface area contributed by atoms with E-state index in [-0.39, 0.29) is 6.09 Å². The largest absolute Gasteiger partial charge is 0.444 e. The Bertz CT molecular complexity index is 721. The van der Waals surface area contributed by atoms with Crippen LogP contribution in [0.4, 0.5) is 4.79 Å². The van der Waals surface area contributed by atoms with Crippen molar-refractivity contribution in [2.24, 2.45) is 0 Å². The van der Waals surface area contributed by atoms with Crippen LogP contribution in [0.1, 0.15) is 44.7 Å². The number of rotatable bonds is 2. The Labute approximate surface area is 156 Å². The van der Waals surface area contributed by atoms with E-state index in [1.165, 1.54) is 22.3 Å². The number of benzene rings is 2. The van der Waals surface area contributed by atoms with Gasteiger partial charge in [0.05, 0.1) is 0 Å². The maximum atomic E-state index is 12.3. The van der Waals surface area contributed by atoms with Gasteiger partial charge in [0.15, 0.2) is 0 Å². The lowest BCUT2D eigenvalue weighted by atomic mass is 9.88. The molecule has 1 heterocycles. The zero-order valence-corrected chi connectivity index (χ0v) is 15.9. The Balaban J connectivity index is 1.84. The summed E-state index contributed by atoms with van der Waals surface area (Å²) in [6.45, 7) is 7.12. The van der Waals surface area contributed by atoms with E-state index in [4.69, 9.17) is 4.74 Å². The highest BCUT2D eigenvalue weighted by molar-refractivity contribution is 5.82. The molecule has 1 aliphatic rings. The molecule has 1 saturated heterocycles. The average molecular weight is 349 g/mol. The van der Waals surface area contributed by atoms with Crippen LogP contribution in [0.3, 0.4) is 0 Å². The van der Waals surface area contributed by atoms with Crippen LogP contribution in [-0.2, 0) is 4.74 Å². The topological polar surface area (TPSA) is 29.5 Å². The number of amides is 1. The van der Waals surface area contributed by atoms with E-state index in [0.717, 1.165) is 12.8 Å². The predicted molar refractivity (Wildman–Crippen MR) is 106 cm³/mol. The molecule has 0 aromatic heterocycles. The molecule has 0 atom stereocenters. The van der Waals surface area contributed by atoms with Crippen LogP contribution in [0.5, 0.6) is 0 Å². The van der Waals surface area contributed by atoms with Gasteiger partial charge in [-0.2, -0.15) is 0 Å². The first-order valence-corrected chi connectivity index (χ1v) is 9.25. The fourth-order valence-corrected chi connectivity index (χ4v) is 3.32. The van der Waals surface area contributed by atoms with Crippen LogP contribution < -0.4 is 0 Å². The van der Waals surface area contributed by atoms with Crippen molar-refractivity contribution < 1.29 is 9.53 Å². The van der Waals surface area contributed by atoms with Crippen molar-refractivity contribution >= 4 is 11.7 Å². The van der Waals surface area contributed by atoms with Gasteiger partial charge in [-0.1, -0.05) is 66.2 Å². The van der Waals surface area contributed by atoms with Crippen molar-refractivity contribution in [3.8, 4) is 0 Å². The second kappa shape index (κ2) is 7.77. The lowest BCUT2D eigenvalue weighted by Gasteiger charge is -2.32. The molecule has 3 heteroatoms. The molecule has 2 aromatic rings. The van der Waals surface area contributed by atoms with Gasteiger partial charge in [0.1, 0.15) is 5.60 Å². The minimum absolute atomic E-state index is 0.211. The van der Waals surface area contributed by atoms with Gasteiger partial charge < -0.3 is 9.64 Å². The molecule has 0 unspecified atom stereocenters. The van der Waals surface area contributed by atoms with Gasteiger partial charge >= 0.3 is 6.09 Å². The second-order valence-corrected chi connectivity index (χ2v) is 7.68. The van der Waals surface area contributed by atoms with Crippen molar-refractivity contribution in [2.75, 3.05) is 13.1 Å². The Morgan fingerprint density at radius 1 is 0.846 bits per heavy atom. The Morgan fingerprint density at radius 2 is 1.31 bits per heavy atom. The summed E-state index contributed by atoms with van der Waals surface area (Å²) in [6, 6.07) is 21.0. The van der Waals surface area contributed by atoms with E-state index in [1.807, 2.05) is 37.8 Å². The third-order valence-corrected chi connectivity index (χ3v) is 4.50. The standard InChI is InChI=1S/C23H27NO2/c1-23(2,3)26-22(25)24-16-14-20(15-17-24)21(18-10-6-4-7-11-18)19-12-8-5-9-13-19/h4-13H,14-17H2,1-3H3. The zero-order valence-electron chi connectivity index (χ0n) is 15.9. The number of nitrogens with zero attached hydrogens (tertiary/aromatic N) is 1. The first-order valence-electron chi connectivity index (χ1n) is 9.25. The van der Waals surface area contributed by atoms with E-state index in [9.17, 15) is 4.79 Å². The van der Waals surface area contributed by atoms with Crippen molar-refractivity contribution in [2.45, 2.75) is 39.2 Å². The monoisotopic (exact) mass is 349 g/mol. The molecule has 0 radical (unpaired) electrons. The molecule has 26 heavy (non-hydrogen) atoms. The van der Waals surface area contributed by atoms with Gasteiger partial charge in [-0.15, -0.1) is 0 Å². The quantitative estimate of drug-likeness (QED) is 0.714. The Kier molecular flexibility index (Phi) is 5.46. The number of hydrogen-bond acceptors (Lipinski definition) is 2. The molecule has 0 N–H and O–H groups in total. The first-order chi connectivity index (χ1) is 12.4. The SMILES string of the molecule is CC(C)(C)OC(=O)N1CCC(=C(c2ccccc2)c2ccccc2)CC1. The average Bonchev–Trinajstić information content (AvgIpc) is 2.63. The number of ether oxygens (including phenoxy) is 1. The highest BCUT2D eigenvalue weighted by atomic mass is 16.6. The normalized spacial score (nSPS) is 14.9. The van der Waals surface area contributed by atoms with Crippen molar-refractivity contribution in [3.63, 3.8) is 0 Å². The third kappa shape index (κ3) is 4.54. The van der Waals surface area contributed by atoms with Crippen LogP contribution in [0.25, 0.3) is 5.57 Å². The van der Waals surface area contributed by atoms with Crippen molar-refractivity contribution in [3.05, 3.63) is 77.4 Å². The summed E-state index contributed by atoms with van der Waals surface area (Å²) < 4.78 is 5.51. The minimum Gasteiger partial charge on any atom is -0.444 e. The number of piperidine rings is 1. The maximum absolute atomic E-state index is 12.3. The Morgan fingerprint density at radius 3 is 1.73 bits per heavy atom. The van der Waals surface area contributed by atoms with Gasteiger partial charge in [-0.05, 0) is 50.3 Å². The molecule has 1 amide bonds. The van der Waals surface area contributed by atoms with Crippen molar-refractivity contribution in [1.29, 1.82) is 0 Å². The van der Waals surface area contributed by atoms with Crippen LogP contribution >= 0.6 is 0 Å². The first kappa shape index (κ1) is 18.2. The number of likely N-dealkylation sites (tertiary alicyclic amines) is 1. The summed E-state index contributed by atoms with van der Waals surface area (Å²) in [6.07, 6.45) is 1.54. The highest BCUT2D eigenvalue weighted by Gasteiger charge is 2.26. The van der Waals surface area contributed by atoms with E-state index in [0.29, 0.717) is 13.1 Å². The molecule has 3 rings (SSSR count). The highest BCUT2D eigenvalue weighted by Crippen LogP contribution is 2.32. The predicted octanol–water partition coefficient (Wildman–Crippen LogP) is 5.52. The molecular formula is C23H27NO2. The molecule has 0 aliphatic carbocycles. The van der Waals surface area contributed by atoms with E-state index < -0.39 is 5.60 Å². The van der Waals surface area contributed by atoms with E-state index >= 15 is 0 Å². The summed E-state index contributed by atoms with van der Waals surface area (Å²) >= 11 is 0. The van der Waals surface area contributed by atoms with Gasteiger partial charge in [0.2, 0.25) is 0 Å². The lowest BCUT2D eigenvalue weighted by Crippen LogP contribution is -2.40. The number of carbonyl (C=O) groups excluding carboxylic acids is 1. The molecule has 136 valence electrons. The van der Waals surface area contributed by atoms with Crippen LogP contribution in [0.15, 0.2) is 66.2 Å². The molecule has 0 bridgehead atoms. The van der Waals surface area contributed by atoms with E-state index in [1.54, 1.807) is 0 Å².